The van der Waals surface area contributed by atoms with Crippen LogP contribution in [0.25, 0.3) is 0 Å². The molecule has 0 aliphatic heterocycles. The lowest BCUT2D eigenvalue weighted by atomic mass is 10.0. The van der Waals surface area contributed by atoms with Gasteiger partial charge in [-0.25, -0.2) is 0 Å². The Morgan fingerprint density at radius 3 is 2.36 bits per heavy atom. The first-order chi connectivity index (χ1) is 6.49. The van der Waals surface area contributed by atoms with Crippen molar-refractivity contribution >= 4 is 0 Å². The maximum Gasteiger partial charge on any atom is 0.00966 e. The van der Waals surface area contributed by atoms with Gasteiger partial charge in [0.25, 0.3) is 0 Å². The van der Waals surface area contributed by atoms with Crippen molar-refractivity contribution in [3.05, 3.63) is 35.4 Å². The maximum absolute atomic E-state index is 3.50. The van der Waals surface area contributed by atoms with Crippen molar-refractivity contribution in [3.63, 3.8) is 0 Å². The third kappa shape index (κ3) is 3.93. The monoisotopic (exact) mass is 191 g/mol. The topological polar surface area (TPSA) is 12.0 Å². The molecule has 0 saturated carbocycles. The molecule has 0 aliphatic rings. The molecular formula is C13H21N. The summed E-state index contributed by atoms with van der Waals surface area (Å²) in [4.78, 5) is 0. The van der Waals surface area contributed by atoms with Gasteiger partial charge >= 0.3 is 0 Å². The van der Waals surface area contributed by atoms with Crippen LogP contribution in [-0.2, 0) is 6.42 Å². The third-order valence-corrected chi connectivity index (χ3v) is 2.31. The quantitative estimate of drug-likeness (QED) is 0.774. The molecular weight excluding hydrogens is 170 g/mol. The Morgan fingerprint density at radius 1 is 1.14 bits per heavy atom. The van der Waals surface area contributed by atoms with Crippen LogP contribution in [-0.4, -0.2) is 12.1 Å². The van der Waals surface area contributed by atoms with Gasteiger partial charge in [0.05, 0.1) is 0 Å². The fraction of sp³-hybridized carbons (Fsp3) is 0.538. The summed E-state index contributed by atoms with van der Waals surface area (Å²) in [7, 11) is 0. The van der Waals surface area contributed by atoms with E-state index in [0.717, 1.165) is 13.0 Å². The number of aryl methyl sites for hydroxylation is 1. The van der Waals surface area contributed by atoms with Crippen LogP contribution < -0.4 is 5.32 Å². The Hall–Kier alpha value is -0.820. The third-order valence-electron chi connectivity index (χ3n) is 2.31. The van der Waals surface area contributed by atoms with Gasteiger partial charge in [-0.15, -0.1) is 0 Å². The van der Waals surface area contributed by atoms with Crippen LogP contribution in [0.5, 0.6) is 0 Å². The minimum atomic E-state index is 0.225. The van der Waals surface area contributed by atoms with E-state index in [0.29, 0.717) is 0 Å². The van der Waals surface area contributed by atoms with Crippen LogP contribution in [0.3, 0.4) is 0 Å². The van der Waals surface area contributed by atoms with Gasteiger partial charge in [0, 0.05) is 5.54 Å². The molecule has 0 fully saturated rings. The first-order valence-electron chi connectivity index (χ1n) is 5.28. The van der Waals surface area contributed by atoms with Crippen molar-refractivity contribution < 1.29 is 0 Å². The van der Waals surface area contributed by atoms with Crippen LogP contribution in [0.4, 0.5) is 0 Å². The molecule has 1 heteroatoms. The van der Waals surface area contributed by atoms with E-state index in [4.69, 9.17) is 0 Å². The average molecular weight is 191 g/mol. The highest BCUT2D eigenvalue weighted by Gasteiger charge is 2.07. The molecule has 0 amide bonds. The second-order valence-corrected chi connectivity index (χ2v) is 4.85. The molecule has 14 heavy (non-hydrogen) atoms. The van der Waals surface area contributed by atoms with Gasteiger partial charge in [0.1, 0.15) is 0 Å². The number of nitrogens with one attached hydrogen (secondary N) is 1. The number of hydrogen-bond acceptors (Lipinski definition) is 1. The molecule has 0 spiro atoms. The molecule has 1 rings (SSSR count). The van der Waals surface area contributed by atoms with Crippen LogP contribution in [0.2, 0.25) is 0 Å². The Labute approximate surface area is 87.5 Å². The van der Waals surface area contributed by atoms with Crippen LogP contribution in [0.15, 0.2) is 24.3 Å². The predicted molar refractivity (Wildman–Crippen MR) is 62.6 cm³/mol. The number of benzene rings is 1. The molecule has 1 aromatic carbocycles. The zero-order chi connectivity index (χ0) is 10.6. The SMILES string of the molecule is Cc1ccccc1CCNC(C)(C)C. The van der Waals surface area contributed by atoms with Crippen molar-refractivity contribution in [2.75, 3.05) is 6.54 Å². The summed E-state index contributed by atoms with van der Waals surface area (Å²) in [5.41, 5.74) is 3.07. The lowest BCUT2D eigenvalue weighted by Gasteiger charge is -2.20. The summed E-state index contributed by atoms with van der Waals surface area (Å²) >= 11 is 0. The van der Waals surface area contributed by atoms with E-state index in [9.17, 15) is 0 Å². The zero-order valence-corrected chi connectivity index (χ0v) is 9.72. The van der Waals surface area contributed by atoms with E-state index >= 15 is 0 Å². The Kier molecular flexibility index (Phi) is 3.70. The van der Waals surface area contributed by atoms with Gasteiger partial charge in [0.15, 0.2) is 0 Å². The molecule has 1 nitrogen and oxygen atoms in total. The van der Waals surface area contributed by atoms with Crippen molar-refractivity contribution in [2.24, 2.45) is 0 Å². The number of hydrogen-bond donors (Lipinski definition) is 1. The Morgan fingerprint density at radius 2 is 1.79 bits per heavy atom. The van der Waals surface area contributed by atoms with Crippen molar-refractivity contribution in [1.82, 2.24) is 5.32 Å². The van der Waals surface area contributed by atoms with Gasteiger partial charge in [-0.05, 0) is 51.8 Å². The lowest BCUT2D eigenvalue weighted by molar-refractivity contribution is 0.429. The maximum atomic E-state index is 3.50. The van der Waals surface area contributed by atoms with Crippen molar-refractivity contribution in [2.45, 2.75) is 39.7 Å². The van der Waals surface area contributed by atoms with E-state index in [-0.39, 0.29) is 5.54 Å². The summed E-state index contributed by atoms with van der Waals surface area (Å²) in [6.07, 6.45) is 1.12. The molecule has 0 heterocycles. The molecule has 0 aromatic heterocycles. The smallest absolute Gasteiger partial charge is 0.00966 e. The first-order valence-corrected chi connectivity index (χ1v) is 5.28. The second-order valence-electron chi connectivity index (χ2n) is 4.85. The summed E-state index contributed by atoms with van der Waals surface area (Å²) in [6, 6.07) is 8.58. The van der Waals surface area contributed by atoms with Gasteiger partial charge in [-0.3, -0.25) is 0 Å². The highest BCUT2D eigenvalue weighted by molar-refractivity contribution is 5.25. The molecule has 0 atom stereocenters. The highest BCUT2D eigenvalue weighted by atomic mass is 14.9. The molecule has 78 valence electrons. The van der Waals surface area contributed by atoms with Gasteiger partial charge < -0.3 is 5.32 Å². The predicted octanol–water partition coefficient (Wildman–Crippen LogP) is 2.93. The van der Waals surface area contributed by atoms with E-state index in [1.807, 2.05) is 0 Å². The largest absolute Gasteiger partial charge is 0.312 e. The average Bonchev–Trinajstić information content (AvgIpc) is 2.06. The molecule has 1 aromatic rings. The lowest BCUT2D eigenvalue weighted by Crippen LogP contribution is -2.37. The van der Waals surface area contributed by atoms with Gasteiger partial charge in [-0.2, -0.15) is 0 Å². The summed E-state index contributed by atoms with van der Waals surface area (Å²) in [5.74, 6) is 0. The Bertz CT molecular complexity index is 284. The van der Waals surface area contributed by atoms with Crippen molar-refractivity contribution in [1.29, 1.82) is 0 Å². The summed E-state index contributed by atoms with van der Waals surface area (Å²) in [6.45, 7) is 9.82. The molecule has 0 aliphatic carbocycles. The molecule has 0 radical (unpaired) electrons. The van der Waals surface area contributed by atoms with Gasteiger partial charge in [0.2, 0.25) is 0 Å². The fourth-order valence-electron chi connectivity index (χ4n) is 1.46. The van der Waals surface area contributed by atoms with E-state index in [1.54, 1.807) is 0 Å². The second kappa shape index (κ2) is 4.61. The fourth-order valence-corrected chi connectivity index (χ4v) is 1.46. The van der Waals surface area contributed by atoms with Crippen LogP contribution in [0.1, 0.15) is 31.9 Å². The minimum absolute atomic E-state index is 0.225. The van der Waals surface area contributed by atoms with Crippen LogP contribution >= 0.6 is 0 Å². The first kappa shape index (κ1) is 11.3. The molecule has 0 unspecified atom stereocenters. The minimum Gasteiger partial charge on any atom is -0.312 e. The van der Waals surface area contributed by atoms with E-state index < -0.39 is 0 Å². The van der Waals surface area contributed by atoms with Crippen LogP contribution in [0, 0.1) is 6.92 Å². The molecule has 0 bridgehead atoms. The highest BCUT2D eigenvalue weighted by Crippen LogP contribution is 2.07. The van der Waals surface area contributed by atoms with Gasteiger partial charge in [-0.1, -0.05) is 24.3 Å². The normalized spacial score (nSPS) is 11.7. The number of rotatable bonds is 3. The standard InChI is InChI=1S/C13H21N/c1-11-7-5-6-8-12(11)9-10-14-13(2,3)4/h5-8,14H,9-10H2,1-4H3. The van der Waals surface area contributed by atoms with E-state index in [1.165, 1.54) is 11.1 Å². The Balaban J connectivity index is 2.43. The summed E-state index contributed by atoms with van der Waals surface area (Å²) in [5, 5.41) is 3.50. The molecule has 1 N–H and O–H groups in total. The summed E-state index contributed by atoms with van der Waals surface area (Å²) < 4.78 is 0. The van der Waals surface area contributed by atoms with Crippen molar-refractivity contribution in [3.8, 4) is 0 Å². The zero-order valence-electron chi connectivity index (χ0n) is 9.72. The molecule has 0 saturated heterocycles. The van der Waals surface area contributed by atoms with E-state index in [2.05, 4.69) is 57.3 Å².